The minimum absolute atomic E-state index is 0.284. The summed E-state index contributed by atoms with van der Waals surface area (Å²) in [7, 11) is 0. The third-order valence-electron chi connectivity index (χ3n) is 2.86. The molecule has 0 fully saturated rings. The van der Waals surface area contributed by atoms with Gasteiger partial charge in [-0.15, -0.1) is 0 Å². The number of carbonyl (C=O) groups is 1. The molecule has 96 valence electrons. The number of hydrogen-bond acceptors (Lipinski definition) is 3. The van der Waals surface area contributed by atoms with E-state index in [4.69, 9.17) is 0 Å². The number of aliphatic hydroxyl groups is 2. The van der Waals surface area contributed by atoms with Crippen LogP contribution in [0.3, 0.4) is 0 Å². The Balaban J connectivity index is 2.23. The van der Waals surface area contributed by atoms with Gasteiger partial charge in [-0.1, -0.05) is 18.2 Å². The molecule has 1 aromatic heterocycles. The summed E-state index contributed by atoms with van der Waals surface area (Å²) in [6.07, 6.45) is 0.603. The summed E-state index contributed by atoms with van der Waals surface area (Å²) >= 11 is 0. The van der Waals surface area contributed by atoms with Gasteiger partial charge in [0.05, 0.1) is 6.04 Å². The van der Waals surface area contributed by atoms with Crippen molar-refractivity contribution >= 4 is 16.8 Å². The molecule has 0 aliphatic heterocycles. The molecule has 0 saturated heterocycles. The molecule has 5 heteroatoms. The van der Waals surface area contributed by atoms with Gasteiger partial charge in [0.25, 0.3) is 0 Å². The normalized spacial score (nSPS) is 12.9. The second-order valence-corrected chi connectivity index (χ2v) is 4.28. The maximum atomic E-state index is 11.0. The molecule has 1 heterocycles. The first kappa shape index (κ1) is 12.6. The van der Waals surface area contributed by atoms with E-state index in [-0.39, 0.29) is 5.91 Å². The molecular weight excluding hydrogens is 232 g/mol. The van der Waals surface area contributed by atoms with Crippen LogP contribution < -0.4 is 5.32 Å². The maximum absolute atomic E-state index is 11.0. The summed E-state index contributed by atoms with van der Waals surface area (Å²) in [5.74, 6) is -0.284. The van der Waals surface area contributed by atoms with E-state index < -0.39 is 12.3 Å². The number of aromatic nitrogens is 1. The monoisotopic (exact) mass is 248 g/mol. The molecule has 0 aliphatic carbocycles. The molecule has 0 unspecified atom stereocenters. The van der Waals surface area contributed by atoms with Gasteiger partial charge in [-0.2, -0.15) is 0 Å². The van der Waals surface area contributed by atoms with Gasteiger partial charge >= 0.3 is 0 Å². The van der Waals surface area contributed by atoms with Crippen molar-refractivity contribution in [2.75, 3.05) is 0 Å². The van der Waals surface area contributed by atoms with Gasteiger partial charge in [0.2, 0.25) is 5.91 Å². The highest BCUT2D eigenvalue weighted by Crippen LogP contribution is 2.19. The Morgan fingerprint density at radius 2 is 2.11 bits per heavy atom. The van der Waals surface area contributed by atoms with Gasteiger partial charge in [-0.05, 0) is 18.1 Å². The second kappa shape index (κ2) is 5.20. The summed E-state index contributed by atoms with van der Waals surface area (Å²) in [6.45, 7) is 1.35. The second-order valence-electron chi connectivity index (χ2n) is 4.28. The number of carbonyl (C=O) groups excluding carboxylic acids is 1. The number of hydrogen-bond donors (Lipinski definition) is 4. The molecule has 2 aromatic rings. The Bertz CT molecular complexity index is 548. The molecule has 0 saturated carbocycles. The largest absolute Gasteiger partial charge is 0.366 e. The van der Waals surface area contributed by atoms with Crippen LogP contribution in [0.5, 0.6) is 0 Å². The van der Waals surface area contributed by atoms with E-state index in [1.807, 2.05) is 30.5 Å². The van der Waals surface area contributed by atoms with Crippen LogP contribution in [0.1, 0.15) is 12.5 Å². The molecule has 2 rings (SSSR count). The summed E-state index contributed by atoms with van der Waals surface area (Å²) in [5.41, 5.74) is 1.93. The summed E-state index contributed by atoms with van der Waals surface area (Å²) in [4.78, 5) is 14.1. The zero-order chi connectivity index (χ0) is 13.1. The fourth-order valence-corrected chi connectivity index (χ4v) is 2.03. The molecule has 18 heavy (non-hydrogen) atoms. The van der Waals surface area contributed by atoms with Crippen molar-refractivity contribution in [3.63, 3.8) is 0 Å². The number of benzene rings is 1. The summed E-state index contributed by atoms with van der Waals surface area (Å²) < 4.78 is 0. The molecule has 0 aliphatic rings. The lowest BCUT2D eigenvalue weighted by Gasteiger charge is -2.19. The van der Waals surface area contributed by atoms with E-state index in [9.17, 15) is 15.0 Å². The molecule has 0 bridgehead atoms. The fourth-order valence-electron chi connectivity index (χ4n) is 2.03. The number of nitrogens with one attached hydrogen (secondary N) is 2. The molecule has 4 N–H and O–H groups in total. The number of amides is 1. The van der Waals surface area contributed by atoms with Gasteiger partial charge in [0.1, 0.15) is 0 Å². The minimum Gasteiger partial charge on any atom is -0.366 e. The lowest BCUT2D eigenvalue weighted by molar-refractivity contribution is -0.124. The number of H-pyrrole nitrogens is 1. The van der Waals surface area contributed by atoms with Crippen LogP contribution in [0.4, 0.5) is 0 Å². The van der Waals surface area contributed by atoms with Gasteiger partial charge in [-0.3, -0.25) is 4.79 Å². The average molecular weight is 248 g/mol. The Kier molecular flexibility index (Phi) is 3.64. The number of para-hydroxylation sites is 1. The predicted molar refractivity (Wildman–Crippen MR) is 67.8 cm³/mol. The van der Waals surface area contributed by atoms with Crippen LogP contribution in [0, 0.1) is 0 Å². The third-order valence-corrected chi connectivity index (χ3v) is 2.86. The van der Waals surface area contributed by atoms with E-state index in [1.54, 1.807) is 0 Å². The highest BCUT2D eigenvalue weighted by atomic mass is 16.5. The highest BCUT2D eigenvalue weighted by Gasteiger charge is 2.19. The smallest absolute Gasteiger partial charge is 0.217 e. The van der Waals surface area contributed by atoms with Crippen LogP contribution >= 0.6 is 0 Å². The summed E-state index contributed by atoms with van der Waals surface area (Å²) in [5, 5.41) is 22.1. The van der Waals surface area contributed by atoms with Crippen molar-refractivity contribution in [1.29, 1.82) is 0 Å². The van der Waals surface area contributed by atoms with Gasteiger partial charge in [0, 0.05) is 24.0 Å². The predicted octanol–water partition coefficient (Wildman–Crippen LogP) is 0.526. The molecule has 1 aromatic carbocycles. The van der Waals surface area contributed by atoms with Gasteiger partial charge in [0.15, 0.2) is 6.29 Å². The van der Waals surface area contributed by atoms with Gasteiger partial charge < -0.3 is 20.5 Å². The number of aromatic amines is 1. The quantitative estimate of drug-likeness (QED) is 0.595. The zero-order valence-corrected chi connectivity index (χ0v) is 10.1. The first-order chi connectivity index (χ1) is 8.58. The minimum atomic E-state index is -1.58. The summed E-state index contributed by atoms with van der Waals surface area (Å²) in [6, 6.07) is 7.04. The first-order valence-electron chi connectivity index (χ1n) is 5.76. The molecule has 1 amide bonds. The topological polar surface area (TPSA) is 85.4 Å². The van der Waals surface area contributed by atoms with E-state index in [1.165, 1.54) is 6.92 Å². The lowest BCUT2D eigenvalue weighted by atomic mass is 10.0. The van der Waals surface area contributed by atoms with Crippen molar-refractivity contribution in [2.24, 2.45) is 0 Å². The van der Waals surface area contributed by atoms with Crippen LogP contribution in [-0.4, -0.2) is 33.4 Å². The van der Waals surface area contributed by atoms with E-state index in [2.05, 4.69) is 10.3 Å². The van der Waals surface area contributed by atoms with Crippen molar-refractivity contribution in [1.82, 2.24) is 10.3 Å². The zero-order valence-electron chi connectivity index (χ0n) is 10.1. The SMILES string of the molecule is CC(=O)N[C@@H](Cc1c[nH]c2ccccc12)C(O)O. The van der Waals surface area contributed by atoms with E-state index in [0.717, 1.165) is 16.5 Å². The Morgan fingerprint density at radius 1 is 1.39 bits per heavy atom. The fraction of sp³-hybridized carbons (Fsp3) is 0.308. The van der Waals surface area contributed by atoms with E-state index in [0.29, 0.717) is 6.42 Å². The lowest BCUT2D eigenvalue weighted by Crippen LogP contribution is -2.43. The van der Waals surface area contributed by atoms with E-state index >= 15 is 0 Å². The van der Waals surface area contributed by atoms with Crippen molar-refractivity contribution in [3.05, 3.63) is 36.0 Å². The maximum Gasteiger partial charge on any atom is 0.217 e. The van der Waals surface area contributed by atoms with Crippen LogP contribution in [-0.2, 0) is 11.2 Å². The number of fused-ring (bicyclic) bond motifs is 1. The highest BCUT2D eigenvalue weighted by molar-refractivity contribution is 5.83. The van der Waals surface area contributed by atoms with Gasteiger partial charge in [-0.25, -0.2) is 0 Å². The molecule has 5 nitrogen and oxygen atoms in total. The van der Waals surface area contributed by atoms with Crippen molar-refractivity contribution < 1.29 is 15.0 Å². The Hall–Kier alpha value is -1.85. The molecule has 1 atom stereocenters. The molecular formula is C13H16N2O3. The average Bonchev–Trinajstić information content (AvgIpc) is 2.71. The number of aliphatic hydroxyl groups excluding tert-OH is 1. The Labute approximate surface area is 104 Å². The molecule has 0 spiro atoms. The Morgan fingerprint density at radius 3 is 2.78 bits per heavy atom. The van der Waals surface area contributed by atoms with Crippen molar-refractivity contribution in [2.45, 2.75) is 25.7 Å². The molecule has 0 radical (unpaired) electrons. The van der Waals surface area contributed by atoms with Crippen LogP contribution in [0.2, 0.25) is 0 Å². The standard InChI is InChI=1S/C13H16N2O3/c1-8(16)15-12(13(17)18)6-9-7-14-11-5-3-2-4-10(9)11/h2-5,7,12-14,17-18H,6H2,1H3,(H,15,16)/t12-/m0/s1. The van der Waals surface area contributed by atoms with Crippen LogP contribution in [0.25, 0.3) is 10.9 Å². The van der Waals surface area contributed by atoms with Crippen LogP contribution in [0.15, 0.2) is 30.5 Å². The number of rotatable bonds is 4. The third kappa shape index (κ3) is 2.69. The first-order valence-corrected chi connectivity index (χ1v) is 5.76. The van der Waals surface area contributed by atoms with Crippen molar-refractivity contribution in [3.8, 4) is 0 Å².